The predicted molar refractivity (Wildman–Crippen MR) is 99.4 cm³/mol. The maximum absolute atomic E-state index is 11.8. The molecule has 2 N–H and O–H groups in total. The van der Waals surface area contributed by atoms with E-state index in [1.54, 1.807) is 37.3 Å². The van der Waals surface area contributed by atoms with Crippen molar-refractivity contribution in [3.63, 3.8) is 0 Å². The van der Waals surface area contributed by atoms with Gasteiger partial charge < -0.3 is 14.6 Å². The van der Waals surface area contributed by atoms with Gasteiger partial charge in [0.15, 0.2) is 18.1 Å². The summed E-state index contributed by atoms with van der Waals surface area (Å²) in [6, 6.07) is 10.6. The highest BCUT2D eigenvalue weighted by atomic mass is 79.9. The van der Waals surface area contributed by atoms with Crippen molar-refractivity contribution in [2.45, 2.75) is 13.8 Å². The van der Waals surface area contributed by atoms with E-state index in [-0.39, 0.29) is 12.4 Å². The average molecular weight is 407 g/mol. The standard InChI is InChI=1S/C18H19BrN2O4/c1-3-24-15-6-4-5-7-16(15)25-11-17(22)21-20-10-13-9-14(19)8-12(2)18(13)23/h4-10,23H,3,11H2,1-2H3,(H,21,22)/b20-10-. The Kier molecular flexibility index (Phi) is 6.82. The third-order valence-corrected chi connectivity index (χ3v) is 3.65. The van der Waals surface area contributed by atoms with Crippen LogP contribution in [-0.2, 0) is 4.79 Å². The number of benzene rings is 2. The van der Waals surface area contributed by atoms with Crippen molar-refractivity contribution in [2.75, 3.05) is 13.2 Å². The average Bonchev–Trinajstić information content (AvgIpc) is 2.58. The number of carbonyl (C=O) groups excluding carboxylic acids is 1. The number of hydrogen-bond donors (Lipinski definition) is 2. The van der Waals surface area contributed by atoms with E-state index in [4.69, 9.17) is 9.47 Å². The number of amides is 1. The van der Waals surface area contributed by atoms with Crippen LogP contribution in [0.15, 0.2) is 46.0 Å². The number of ether oxygens (including phenoxy) is 2. The van der Waals surface area contributed by atoms with Gasteiger partial charge in [0.2, 0.25) is 0 Å². The highest BCUT2D eigenvalue weighted by molar-refractivity contribution is 9.10. The van der Waals surface area contributed by atoms with E-state index in [9.17, 15) is 9.90 Å². The Hall–Kier alpha value is -2.54. The van der Waals surface area contributed by atoms with Gasteiger partial charge in [-0.05, 0) is 43.7 Å². The van der Waals surface area contributed by atoms with Gasteiger partial charge in [0, 0.05) is 10.0 Å². The molecule has 132 valence electrons. The maximum Gasteiger partial charge on any atom is 0.277 e. The highest BCUT2D eigenvalue weighted by Crippen LogP contribution is 2.26. The van der Waals surface area contributed by atoms with Crippen LogP contribution in [0.4, 0.5) is 0 Å². The molecule has 0 atom stereocenters. The van der Waals surface area contributed by atoms with Gasteiger partial charge in [0.05, 0.1) is 12.8 Å². The smallest absolute Gasteiger partial charge is 0.277 e. The Morgan fingerprint density at radius 3 is 2.64 bits per heavy atom. The lowest BCUT2D eigenvalue weighted by Crippen LogP contribution is -2.24. The van der Waals surface area contributed by atoms with E-state index in [1.807, 2.05) is 13.0 Å². The van der Waals surface area contributed by atoms with E-state index in [2.05, 4.69) is 26.5 Å². The number of halogens is 1. The van der Waals surface area contributed by atoms with E-state index >= 15 is 0 Å². The number of carbonyl (C=O) groups is 1. The Morgan fingerprint density at radius 1 is 1.28 bits per heavy atom. The van der Waals surface area contributed by atoms with Gasteiger partial charge in [-0.15, -0.1) is 0 Å². The zero-order valence-electron chi connectivity index (χ0n) is 14.0. The van der Waals surface area contributed by atoms with Crippen molar-refractivity contribution >= 4 is 28.1 Å². The van der Waals surface area contributed by atoms with Crippen LogP contribution in [-0.4, -0.2) is 30.4 Å². The third-order valence-electron chi connectivity index (χ3n) is 3.20. The highest BCUT2D eigenvalue weighted by Gasteiger charge is 2.07. The number of nitrogens with zero attached hydrogens (tertiary/aromatic N) is 1. The molecule has 2 aromatic carbocycles. The van der Waals surface area contributed by atoms with Crippen molar-refractivity contribution in [1.82, 2.24) is 5.43 Å². The second kappa shape index (κ2) is 9.08. The molecule has 0 aliphatic carbocycles. The number of hydrogen-bond acceptors (Lipinski definition) is 5. The Morgan fingerprint density at radius 2 is 1.96 bits per heavy atom. The first kappa shape index (κ1) is 18.8. The summed E-state index contributed by atoms with van der Waals surface area (Å²) < 4.78 is 11.7. The first-order chi connectivity index (χ1) is 12.0. The summed E-state index contributed by atoms with van der Waals surface area (Å²) in [6.07, 6.45) is 1.37. The third kappa shape index (κ3) is 5.49. The van der Waals surface area contributed by atoms with E-state index in [0.29, 0.717) is 29.2 Å². The second-order valence-corrected chi connectivity index (χ2v) is 6.04. The zero-order chi connectivity index (χ0) is 18.2. The fourth-order valence-electron chi connectivity index (χ4n) is 2.05. The van der Waals surface area contributed by atoms with Gasteiger partial charge in [0.1, 0.15) is 5.75 Å². The molecule has 1 amide bonds. The number of aromatic hydroxyl groups is 1. The van der Waals surface area contributed by atoms with Crippen molar-refractivity contribution in [3.8, 4) is 17.2 Å². The summed E-state index contributed by atoms with van der Waals surface area (Å²) >= 11 is 3.35. The van der Waals surface area contributed by atoms with Crippen LogP contribution in [0.1, 0.15) is 18.1 Å². The van der Waals surface area contributed by atoms with Crippen LogP contribution in [0.3, 0.4) is 0 Å². The summed E-state index contributed by atoms with van der Waals surface area (Å²) in [5.74, 6) is 0.761. The fourth-order valence-corrected chi connectivity index (χ4v) is 2.64. The largest absolute Gasteiger partial charge is 0.507 e. The molecule has 0 fully saturated rings. The lowest BCUT2D eigenvalue weighted by atomic mass is 10.1. The van der Waals surface area contributed by atoms with Crippen molar-refractivity contribution in [2.24, 2.45) is 5.10 Å². The van der Waals surface area contributed by atoms with Crippen molar-refractivity contribution < 1.29 is 19.4 Å². The molecule has 0 unspecified atom stereocenters. The molecule has 2 aromatic rings. The van der Waals surface area contributed by atoms with Gasteiger partial charge in [0.25, 0.3) is 5.91 Å². The van der Waals surface area contributed by atoms with Crippen LogP contribution in [0.25, 0.3) is 0 Å². The molecule has 0 aromatic heterocycles. The minimum absolute atomic E-state index is 0.114. The van der Waals surface area contributed by atoms with Crippen molar-refractivity contribution in [3.05, 3.63) is 52.0 Å². The molecule has 0 saturated carbocycles. The molecule has 25 heavy (non-hydrogen) atoms. The number of hydrazone groups is 1. The van der Waals surface area contributed by atoms with Crippen LogP contribution in [0.2, 0.25) is 0 Å². The van der Waals surface area contributed by atoms with Crippen molar-refractivity contribution in [1.29, 1.82) is 0 Å². The predicted octanol–water partition coefficient (Wildman–Crippen LogP) is 3.39. The molecule has 0 aliphatic heterocycles. The lowest BCUT2D eigenvalue weighted by molar-refractivity contribution is -0.123. The minimum atomic E-state index is -0.422. The molecule has 0 saturated heterocycles. The van der Waals surface area contributed by atoms with Crippen LogP contribution >= 0.6 is 15.9 Å². The normalized spacial score (nSPS) is 10.7. The topological polar surface area (TPSA) is 80.2 Å². The molecule has 0 aliphatic rings. The SMILES string of the molecule is CCOc1ccccc1OCC(=O)N/N=C\c1cc(Br)cc(C)c1O. The molecule has 0 heterocycles. The quantitative estimate of drug-likeness (QED) is 0.545. The van der Waals surface area contributed by atoms with Crippen LogP contribution in [0, 0.1) is 6.92 Å². The number of rotatable bonds is 7. The monoisotopic (exact) mass is 406 g/mol. The summed E-state index contributed by atoms with van der Waals surface area (Å²) in [6.45, 7) is 3.95. The fraction of sp³-hybridized carbons (Fsp3) is 0.222. The maximum atomic E-state index is 11.8. The summed E-state index contributed by atoms with van der Waals surface area (Å²) in [5.41, 5.74) is 3.56. The van der Waals surface area contributed by atoms with Gasteiger partial charge in [-0.2, -0.15) is 5.10 Å². The first-order valence-electron chi connectivity index (χ1n) is 7.67. The molecule has 0 radical (unpaired) electrons. The first-order valence-corrected chi connectivity index (χ1v) is 8.46. The minimum Gasteiger partial charge on any atom is -0.507 e. The Balaban J connectivity index is 1.91. The summed E-state index contributed by atoms with van der Waals surface area (Å²) in [7, 11) is 0. The number of nitrogens with one attached hydrogen (secondary N) is 1. The van der Waals surface area contributed by atoms with Gasteiger partial charge in [-0.3, -0.25) is 4.79 Å². The van der Waals surface area contributed by atoms with Gasteiger partial charge in [-0.25, -0.2) is 5.43 Å². The molecule has 2 rings (SSSR count). The number of para-hydroxylation sites is 2. The lowest BCUT2D eigenvalue weighted by Gasteiger charge is -2.10. The molecule has 6 nitrogen and oxygen atoms in total. The summed E-state index contributed by atoms with van der Waals surface area (Å²) in [4.78, 5) is 11.8. The van der Waals surface area contributed by atoms with E-state index in [0.717, 1.165) is 4.47 Å². The Bertz CT molecular complexity index is 778. The van der Waals surface area contributed by atoms with E-state index < -0.39 is 5.91 Å². The van der Waals surface area contributed by atoms with Crippen LogP contribution < -0.4 is 14.9 Å². The van der Waals surface area contributed by atoms with E-state index in [1.165, 1.54) is 6.21 Å². The molecular weight excluding hydrogens is 388 g/mol. The second-order valence-electron chi connectivity index (χ2n) is 5.12. The van der Waals surface area contributed by atoms with Gasteiger partial charge in [-0.1, -0.05) is 28.1 Å². The van der Waals surface area contributed by atoms with Gasteiger partial charge >= 0.3 is 0 Å². The molecular formula is C18H19BrN2O4. The van der Waals surface area contributed by atoms with Crippen LogP contribution in [0.5, 0.6) is 17.2 Å². The summed E-state index contributed by atoms with van der Waals surface area (Å²) in [5, 5.41) is 13.8. The Labute approximate surface area is 154 Å². The molecule has 0 bridgehead atoms. The number of phenols is 1. The molecule has 0 spiro atoms. The molecule has 7 heteroatoms. The number of phenolic OH excluding ortho intramolecular Hbond substituents is 1. The zero-order valence-corrected chi connectivity index (χ0v) is 15.5. The number of aryl methyl sites for hydroxylation is 1.